The number of nitrogens with zero attached hydrogens (tertiary/aromatic N) is 1. The first-order valence-corrected chi connectivity index (χ1v) is 17.4. The molecule has 8 rings (SSSR count). The van der Waals surface area contributed by atoms with Crippen molar-refractivity contribution in [2.75, 3.05) is 0 Å². The molecule has 6 nitrogen and oxygen atoms in total. The van der Waals surface area contributed by atoms with Crippen LogP contribution in [0, 0.1) is 5.82 Å². The average Bonchev–Trinajstić information content (AvgIpc) is 3.45. The molecule has 1 unspecified atom stereocenters. The minimum Gasteiger partial charge on any atom is -0.464 e. The fraction of sp³-hybridized carbons (Fsp3) is 0.500. The molecule has 0 radical (unpaired) electrons. The molecule has 2 aromatic heterocycles. The van der Waals surface area contributed by atoms with E-state index in [0.29, 0.717) is 29.1 Å². The van der Waals surface area contributed by atoms with Gasteiger partial charge in [-0.3, -0.25) is 4.57 Å². The van der Waals surface area contributed by atoms with Crippen LogP contribution in [-0.4, -0.2) is 41.2 Å². The summed E-state index contributed by atoms with van der Waals surface area (Å²) in [5.74, 6) is 0.791. The maximum atomic E-state index is 16.6. The number of rotatable bonds is 5. The average molecular weight is 641 g/mol. The highest BCUT2D eigenvalue weighted by Crippen LogP contribution is 2.51. The van der Waals surface area contributed by atoms with E-state index in [4.69, 9.17) is 23.4 Å². The Kier molecular flexibility index (Phi) is 6.64. The molecule has 0 N–H and O–H groups in total. The van der Waals surface area contributed by atoms with E-state index >= 15 is 4.39 Å². The van der Waals surface area contributed by atoms with Gasteiger partial charge in [-0.15, -0.1) is 11.3 Å². The molecule has 2 saturated heterocycles. The largest absolute Gasteiger partial charge is 0.495 e. The number of aryl methyl sites for hydroxylation is 1. The lowest BCUT2D eigenvalue weighted by Crippen LogP contribution is -2.41. The van der Waals surface area contributed by atoms with E-state index in [1.165, 1.54) is 17.7 Å². The summed E-state index contributed by atoms with van der Waals surface area (Å²) in [5, 5.41) is 1.06. The number of hydrogen-bond donors (Lipinski definition) is 0. The van der Waals surface area contributed by atoms with Crippen molar-refractivity contribution in [2.24, 2.45) is 0 Å². The van der Waals surface area contributed by atoms with E-state index in [2.05, 4.69) is 69.5 Å². The van der Waals surface area contributed by atoms with Gasteiger partial charge in [0, 0.05) is 10.3 Å². The molecule has 10 heteroatoms. The van der Waals surface area contributed by atoms with E-state index in [1.54, 1.807) is 17.4 Å². The quantitative estimate of drug-likeness (QED) is 0.212. The molecular formula is C36H42B2FNO5S. The molecule has 46 heavy (non-hydrogen) atoms. The lowest BCUT2D eigenvalue weighted by molar-refractivity contribution is 0.00578. The number of thiophene rings is 1. The molecule has 5 heterocycles. The highest BCUT2D eigenvalue weighted by atomic mass is 32.1. The monoisotopic (exact) mass is 641 g/mol. The molecule has 0 amide bonds. The molecular weight excluding hydrogens is 599 g/mol. The number of halogens is 1. The van der Waals surface area contributed by atoms with Crippen molar-refractivity contribution >= 4 is 47.4 Å². The summed E-state index contributed by atoms with van der Waals surface area (Å²) >= 11 is 1.80. The van der Waals surface area contributed by atoms with Gasteiger partial charge in [0.15, 0.2) is 0 Å². The predicted octanol–water partition coefficient (Wildman–Crippen LogP) is 7.49. The second kappa shape index (κ2) is 9.95. The van der Waals surface area contributed by atoms with Gasteiger partial charge in [-0.1, -0.05) is 19.1 Å². The molecule has 0 spiro atoms. The van der Waals surface area contributed by atoms with Crippen LogP contribution in [0.4, 0.5) is 4.39 Å². The molecule has 0 bridgehead atoms. The zero-order valence-electron chi connectivity index (χ0n) is 28.2. The topological polar surface area (TPSA) is 51.1 Å². The Morgan fingerprint density at radius 2 is 1.37 bits per heavy atom. The third kappa shape index (κ3) is 4.51. The number of ether oxygens (including phenoxy) is 1. The highest BCUT2D eigenvalue weighted by Gasteiger charge is 2.53. The summed E-state index contributed by atoms with van der Waals surface area (Å²) in [7, 11) is -1.19. The minimum absolute atomic E-state index is 0.351. The molecule has 4 aromatic rings. The van der Waals surface area contributed by atoms with Crippen molar-refractivity contribution in [1.82, 2.24) is 4.57 Å². The van der Waals surface area contributed by atoms with Crippen LogP contribution < -0.4 is 15.7 Å². The molecule has 1 saturated carbocycles. The molecule has 3 fully saturated rings. The van der Waals surface area contributed by atoms with Gasteiger partial charge < -0.3 is 23.4 Å². The van der Waals surface area contributed by atoms with E-state index in [1.807, 2.05) is 33.8 Å². The van der Waals surface area contributed by atoms with Crippen molar-refractivity contribution in [2.45, 2.75) is 116 Å². The summed E-state index contributed by atoms with van der Waals surface area (Å²) in [6.45, 7) is 18.4. The number of aromatic nitrogens is 1. The van der Waals surface area contributed by atoms with Crippen LogP contribution in [0.5, 0.6) is 5.75 Å². The maximum Gasteiger partial charge on any atom is 0.495 e. The first kappa shape index (κ1) is 30.7. The van der Waals surface area contributed by atoms with Crippen molar-refractivity contribution < 1.29 is 27.7 Å². The van der Waals surface area contributed by atoms with Gasteiger partial charge in [0.25, 0.3) is 0 Å². The molecule has 240 valence electrons. The number of fused-ring (bicyclic) bond motifs is 5. The highest BCUT2D eigenvalue weighted by molar-refractivity contribution is 7.12. The number of hydrogen-bond acceptors (Lipinski definition) is 6. The van der Waals surface area contributed by atoms with Crippen LogP contribution in [0.1, 0.15) is 103 Å². The second-order valence-corrected chi connectivity index (χ2v) is 16.5. The first-order chi connectivity index (χ1) is 21.6. The maximum absolute atomic E-state index is 16.6. The lowest BCUT2D eigenvalue weighted by Gasteiger charge is -2.32. The standard InChI is InChI=1S/C36H42B2FNO5S/c1-10-23-24-17-21(37-42-33(2,3)34(4,5)43-37)13-14-26(24)40-31(23)30-25(39)18-22(38-44-35(6,7)36(8,9)45-38)19-27(30)41-32(40)29-16-15-28(46-29)20-11-12-20/h13-20,32H,10-12H2,1-9H3. The van der Waals surface area contributed by atoms with E-state index in [0.717, 1.165) is 32.5 Å². The van der Waals surface area contributed by atoms with Gasteiger partial charge >= 0.3 is 14.2 Å². The molecule has 1 atom stereocenters. The first-order valence-electron chi connectivity index (χ1n) is 16.6. The Morgan fingerprint density at radius 3 is 1.96 bits per heavy atom. The van der Waals surface area contributed by atoms with Crippen LogP contribution in [0.15, 0.2) is 42.5 Å². The minimum atomic E-state index is -0.698. The van der Waals surface area contributed by atoms with Crippen molar-refractivity contribution in [3.63, 3.8) is 0 Å². The van der Waals surface area contributed by atoms with Crippen LogP contribution in [0.3, 0.4) is 0 Å². The Labute approximate surface area is 275 Å². The fourth-order valence-corrected chi connectivity index (χ4v) is 8.08. The molecule has 3 aliphatic heterocycles. The summed E-state index contributed by atoms with van der Waals surface area (Å²) in [5.41, 5.74) is 2.98. The van der Waals surface area contributed by atoms with Gasteiger partial charge in [0.2, 0.25) is 6.23 Å². The third-order valence-electron chi connectivity index (χ3n) is 11.2. The fourth-order valence-electron chi connectivity index (χ4n) is 6.88. The van der Waals surface area contributed by atoms with Crippen LogP contribution >= 0.6 is 11.3 Å². The van der Waals surface area contributed by atoms with Crippen molar-refractivity contribution in [1.29, 1.82) is 0 Å². The Morgan fingerprint density at radius 1 is 0.783 bits per heavy atom. The predicted molar refractivity (Wildman–Crippen MR) is 183 cm³/mol. The van der Waals surface area contributed by atoms with Crippen molar-refractivity contribution in [3.05, 3.63) is 63.6 Å². The lowest BCUT2D eigenvalue weighted by atomic mass is 9.77. The van der Waals surface area contributed by atoms with Gasteiger partial charge in [-0.2, -0.15) is 0 Å². The van der Waals surface area contributed by atoms with Gasteiger partial charge in [-0.25, -0.2) is 4.39 Å². The Balaban J connectivity index is 1.30. The molecule has 1 aliphatic carbocycles. The Bertz CT molecular complexity index is 1860. The normalized spacial score (nSPS) is 23.9. The third-order valence-corrected chi connectivity index (χ3v) is 12.5. The van der Waals surface area contributed by atoms with E-state index in [-0.39, 0.29) is 5.82 Å². The zero-order valence-corrected chi connectivity index (χ0v) is 29.1. The second-order valence-electron chi connectivity index (χ2n) is 15.4. The SMILES string of the molecule is CCc1c2n(c3ccc(B4OC(C)(C)C(C)(C)O4)cc13)C(c1ccc(C3CC3)s1)Oc1cc(B3OC(C)(C)C(C)(C)O3)cc(F)c1-2. The van der Waals surface area contributed by atoms with Gasteiger partial charge in [-0.05, 0) is 127 Å². The van der Waals surface area contributed by atoms with Crippen molar-refractivity contribution in [3.8, 4) is 17.0 Å². The van der Waals surface area contributed by atoms with Gasteiger partial charge in [0.05, 0.1) is 44.1 Å². The van der Waals surface area contributed by atoms with Gasteiger partial charge in [0.1, 0.15) is 11.6 Å². The molecule has 2 aromatic carbocycles. The summed E-state index contributed by atoms with van der Waals surface area (Å²) < 4.78 is 51.2. The summed E-state index contributed by atoms with van der Waals surface area (Å²) in [6, 6.07) is 14.2. The molecule has 4 aliphatic rings. The smallest absolute Gasteiger partial charge is 0.464 e. The number of benzene rings is 2. The zero-order chi connectivity index (χ0) is 32.6. The van der Waals surface area contributed by atoms with Crippen LogP contribution in [-0.2, 0) is 25.0 Å². The summed E-state index contributed by atoms with van der Waals surface area (Å²) in [4.78, 5) is 2.49. The van der Waals surface area contributed by atoms with E-state index < -0.39 is 42.9 Å². The van der Waals surface area contributed by atoms with Crippen LogP contribution in [0.25, 0.3) is 22.2 Å². The Hall–Kier alpha value is -2.62. The van der Waals surface area contributed by atoms with Crippen LogP contribution in [0.2, 0.25) is 0 Å². The van der Waals surface area contributed by atoms with E-state index in [9.17, 15) is 0 Å². The summed E-state index contributed by atoms with van der Waals surface area (Å²) in [6.07, 6.45) is 2.74.